The molecule has 0 bridgehead atoms. The Morgan fingerprint density at radius 3 is 2.67 bits per heavy atom. The van der Waals surface area contributed by atoms with Crippen LogP contribution in [0, 0.1) is 13.8 Å². The second-order valence-corrected chi connectivity index (χ2v) is 4.83. The second-order valence-electron chi connectivity index (χ2n) is 4.40. The van der Waals surface area contributed by atoms with E-state index in [1.165, 1.54) is 0 Å². The standard InChI is InChI=1S/C14H16ClN3/c1-9-5-11(8-17-7-9)14(18-16)13-6-12(15)4-3-10(13)2/h3-8,14,18H,16H2,1-2H3. The van der Waals surface area contributed by atoms with Gasteiger partial charge in [0.15, 0.2) is 0 Å². The monoisotopic (exact) mass is 261 g/mol. The van der Waals surface area contributed by atoms with E-state index in [2.05, 4.69) is 16.5 Å². The lowest BCUT2D eigenvalue weighted by molar-refractivity contribution is 0.631. The molecular weight excluding hydrogens is 246 g/mol. The van der Waals surface area contributed by atoms with Crippen molar-refractivity contribution >= 4 is 11.6 Å². The number of pyridine rings is 1. The molecule has 1 atom stereocenters. The molecule has 1 unspecified atom stereocenters. The van der Waals surface area contributed by atoms with E-state index < -0.39 is 0 Å². The van der Waals surface area contributed by atoms with Crippen LogP contribution in [0.15, 0.2) is 36.7 Å². The number of rotatable bonds is 3. The summed E-state index contributed by atoms with van der Waals surface area (Å²) in [5.74, 6) is 5.68. The van der Waals surface area contributed by atoms with Crippen molar-refractivity contribution in [2.75, 3.05) is 0 Å². The quantitative estimate of drug-likeness (QED) is 0.660. The highest BCUT2D eigenvalue weighted by molar-refractivity contribution is 6.30. The van der Waals surface area contributed by atoms with Gasteiger partial charge < -0.3 is 0 Å². The molecule has 0 saturated carbocycles. The zero-order chi connectivity index (χ0) is 13.1. The Kier molecular flexibility index (Phi) is 3.97. The first-order valence-electron chi connectivity index (χ1n) is 5.75. The summed E-state index contributed by atoms with van der Waals surface area (Å²) >= 11 is 6.05. The maximum atomic E-state index is 6.05. The topological polar surface area (TPSA) is 50.9 Å². The minimum Gasteiger partial charge on any atom is -0.271 e. The van der Waals surface area contributed by atoms with Crippen LogP contribution < -0.4 is 11.3 Å². The number of aryl methyl sites for hydroxylation is 2. The van der Waals surface area contributed by atoms with Gasteiger partial charge in [0, 0.05) is 17.4 Å². The maximum absolute atomic E-state index is 6.05. The van der Waals surface area contributed by atoms with Crippen LogP contribution >= 0.6 is 11.6 Å². The number of aromatic nitrogens is 1. The predicted octanol–water partition coefficient (Wildman–Crippen LogP) is 2.90. The van der Waals surface area contributed by atoms with E-state index in [9.17, 15) is 0 Å². The van der Waals surface area contributed by atoms with Crippen LogP contribution in [0.25, 0.3) is 0 Å². The van der Waals surface area contributed by atoms with Gasteiger partial charge in [0.25, 0.3) is 0 Å². The molecule has 1 aromatic heterocycles. The maximum Gasteiger partial charge on any atom is 0.0728 e. The van der Waals surface area contributed by atoms with Gasteiger partial charge in [0.05, 0.1) is 6.04 Å². The van der Waals surface area contributed by atoms with Crippen molar-refractivity contribution in [3.63, 3.8) is 0 Å². The van der Waals surface area contributed by atoms with E-state index in [1.54, 1.807) is 0 Å². The second kappa shape index (κ2) is 5.48. The molecule has 0 fully saturated rings. The molecule has 94 valence electrons. The predicted molar refractivity (Wildman–Crippen MR) is 74.3 cm³/mol. The highest BCUT2D eigenvalue weighted by Gasteiger charge is 2.15. The lowest BCUT2D eigenvalue weighted by Gasteiger charge is -2.19. The van der Waals surface area contributed by atoms with Crippen molar-refractivity contribution in [3.05, 3.63) is 63.9 Å². The Hall–Kier alpha value is -1.42. The van der Waals surface area contributed by atoms with Crippen LogP contribution in [0.1, 0.15) is 28.3 Å². The Bertz CT molecular complexity index is 554. The highest BCUT2D eigenvalue weighted by Crippen LogP contribution is 2.26. The number of hydrazine groups is 1. The first-order chi connectivity index (χ1) is 8.61. The summed E-state index contributed by atoms with van der Waals surface area (Å²) in [5, 5.41) is 0.705. The Morgan fingerprint density at radius 1 is 1.22 bits per heavy atom. The lowest BCUT2D eigenvalue weighted by Crippen LogP contribution is -2.29. The fourth-order valence-corrected chi connectivity index (χ4v) is 2.20. The van der Waals surface area contributed by atoms with E-state index in [0.29, 0.717) is 5.02 Å². The first kappa shape index (κ1) is 13.0. The minimum absolute atomic E-state index is 0.101. The molecular formula is C14H16ClN3. The van der Waals surface area contributed by atoms with Gasteiger partial charge >= 0.3 is 0 Å². The smallest absolute Gasteiger partial charge is 0.0728 e. The van der Waals surface area contributed by atoms with Crippen molar-refractivity contribution in [2.45, 2.75) is 19.9 Å². The Balaban J connectivity index is 2.48. The summed E-state index contributed by atoms with van der Waals surface area (Å²) in [5.41, 5.74) is 7.18. The summed E-state index contributed by atoms with van der Waals surface area (Å²) in [7, 11) is 0. The van der Waals surface area contributed by atoms with Crippen LogP contribution in [0.3, 0.4) is 0 Å². The number of nitrogens with zero attached hydrogens (tertiary/aromatic N) is 1. The molecule has 3 N–H and O–H groups in total. The normalized spacial score (nSPS) is 12.4. The summed E-state index contributed by atoms with van der Waals surface area (Å²) in [6, 6.07) is 7.77. The molecule has 18 heavy (non-hydrogen) atoms. The van der Waals surface area contributed by atoms with Crippen molar-refractivity contribution in [2.24, 2.45) is 5.84 Å². The zero-order valence-corrected chi connectivity index (χ0v) is 11.2. The number of nitrogens with two attached hydrogens (primary N) is 1. The van der Waals surface area contributed by atoms with E-state index in [4.69, 9.17) is 17.4 Å². The van der Waals surface area contributed by atoms with E-state index in [0.717, 1.165) is 22.3 Å². The van der Waals surface area contributed by atoms with Gasteiger partial charge in [-0.2, -0.15) is 0 Å². The molecule has 1 aromatic carbocycles. The number of hydrogen-bond acceptors (Lipinski definition) is 3. The summed E-state index contributed by atoms with van der Waals surface area (Å²) in [6.07, 6.45) is 3.64. The highest BCUT2D eigenvalue weighted by atomic mass is 35.5. The van der Waals surface area contributed by atoms with Crippen molar-refractivity contribution < 1.29 is 0 Å². The summed E-state index contributed by atoms with van der Waals surface area (Å²) in [4.78, 5) is 4.20. The summed E-state index contributed by atoms with van der Waals surface area (Å²) in [6.45, 7) is 4.05. The van der Waals surface area contributed by atoms with Crippen LogP contribution in [0.2, 0.25) is 5.02 Å². The molecule has 0 amide bonds. The number of halogens is 1. The van der Waals surface area contributed by atoms with Gasteiger partial charge in [-0.3, -0.25) is 10.8 Å². The molecule has 2 aromatic rings. The molecule has 0 spiro atoms. The van der Waals surface area contributed by atoms with Crippen LogP contribution in [-0.4, -0.2) is 4.98 Å². The van der Waals surface area contributed by atoms with E-state index in [1.807, 2.05) is 44.4 Å². The molecule has 1 heterocycles. The first-order valence-corrected chi connectivity index (χ1v) is 6.13. The fraction of sp³-hybridized carbons (Fsp3) is 0.214. The molecule has 0 radical (unpaired) electrons. The van der Waals surface area contributed by atoms with Crippen molar-refractivity contribution in [3.8, 4) is 0 Å². The lowest BCUT2D eigenvalue weighted by atomic mass is 9.96. The Morgan fingerprint density at radius 2 is 2.00 bits per heavy atom. The van der Waals surface area contributed by atoms with Gasteiger partial charge in [-0.15, -0.1) is 0 Å². The average Bonchev–Trinajstić information content (AvgIpc) is 2.35. The third kappa shape index (κ3) is 2.70. The van der Waals surface area contributed by atoms with Gasteiger partial charge in [0.2, 0.25) is 0 Å². The third-order valence-electron chi connectivity index (χ3n) is 2.95. The molecule has 2 rings (SSSR count). The molecule has 0 aliphatic rings. The largest absolute Gasteiger partial charge is 0.271 e. The molecule has 0 aliphatic carbocycles. The van der Waals surface area contributed by atoms with Crippen molar-refractivity contribution in [1.29, 1.82) is 0 Å². The molecule has 4 heteroatoms. The number of hydrogen-bond donors (Lipinski definition) is 2. The van der Waals surface area contributed by atoms with Gasteiger partial charge in [-0.25, -0.2) is 5.43 Å². The van der Waals surface area contributed by atoms with Crippen LogP contribution in [0.4, 0.5) is 0 Å². The SMILES string of the molecule is Cc1cncc(C(NN)c2cc(Cl)ccc2C)c1. The summed E-state index contributed by atoms with van der Waals surface area (Å²) < 4.78 is 0. The van der Waals surface area contributed by atoms with Gasteiger partial charge in [-0.05, 0) is 48.2 Å². The van der Waals surface area contributed by atoms with Crippen molar-refractivity contribution in [1.82, 2.24) is 10.4 Å². The minimum atomic E-state index is -0.101. The number of benzene rings is 1. The van der Waals surface area contributed by atoms with E-state index in [-0.39, 0.29) is 6.04 Å². The molecule has 0 aliphatic heterocycles. The number of nitrogens with one attached hydrogen (secondary N) is 1. The third-order valence-corrected chi connectivity index (χ3v) is 3.18. The zero-order valence-electron chi connectivity index (χ0n) is 10.4. The van der Waals surface area contributed by atoms with Crippen LogP contribution in [0.5, 0.6) is 0 Å². The molecule has 3 nitrogen and oxygen atoms in total. The Labute approximate surface area is 112 Å². The molecule has 0 saturated heterocycles. The fourth-order valence-electron chi connectivity index (χ4n) is 2.02. The van der Waals surface area contributed by atoms with Crippen LogP contribution in [-0.2, 0) is 0 Å². The van der Waals surface area contributed by atoms with E-state index >= 15 is 0 Å². The average molecular weight is 262 g/mol. The van der Waals surface area contributed by atoms with Gasteiger partial charge in [0.1, 0.15) is 0 Å². The van der Waals surface area contributed by atoms with Gasteiger partial charge in [-0.1, -0.05) is 23.7 Å².